The molecule has 202 valence electrons. The van der Waals surface area contributed by atoms with Crippen molar-refractivity contribution < 1.29 is 18.5 Å². The van der Waals surface area contributed by atoms with E-state index in [0.717, 1.165) is 21.0 Å². The highest BCUT2D eigenvalue weighted by molar-refractivity contribution is 7.19. The molecule has 0 aliphatic carbocycles. The second-order valence-electron chi connectivity index (χ2n) is 9.32. The Balaban J connectivity index is 1.20. The van der Waals surface area contributed by atoms with E-state index in [-0.39, 0.29) is 41.1 Å². The Morgan fingerprint density at radius 1 is 1.23 bits per heavy atom. The summed E-state index contributed by atoms with van der Waals surface area (Å²) < 4.78 is 21.4. The third kappa shape index (κ3) is 4.58. The molecule has 5 aromatic rings. The number of nitrogens with two attached hydrogens (primary N) is 1. The number of fused-ring (bicyclic) bond motifs is 2. The third-order valence-corrected chi connectivity index (χ3v) is 7.69. The van der Waals surface area contributed by atoms with Crippen LogP contribution in [0.1, 0.15) is 46.5 Å². The monoisotopic (exact) mass is 560 g/mol. The molecule has 0 saturated carbocycles. The van der Waals surface area contributed by atoms with E-state index in [9.17, 15) is 18.8 Å². The van der Waals surface area contributed by atoms with Crippen LogP contribution in [-0.4, -0.2) is 36.5 Å². The van der Waals surface area contributed by atoms with E-state index in [0.29, 0.717) is 18.1 Å². The summed E-state index contributed by atoms with van der Waals surface area (Å²) in [4.78, 5) is 52.6. The molecule has 0 saturated heterocycles. The minimum absolute atomic E-state index is 0.00322. The van der Waals surface area contributed by atoms with Gasteiger partial charge >= 0.3 is 0 Å². The molecule has 0 spiro atoms. The number of rotatable bonds is 6. The summed E-state index contributed by atoms with van der Waals surface area (Å²) >= 11 is 1.49. The minimum Gasteiger partial charge on any atom is -0.384 e. The second kappa shape index (κ2) is 9.96. The second-order valence-corrected chi connectivity index (χ2v) is 10.5. The fourth-order valence-electron chi connectivity index (χ4n) is 4.64. The molecule has 12 nitrogen and oxygen atoms in total. The highest BCUT2D eigenvalue weighted by Crippen LogP contribution is 2.34. The molecule has 2 amide bonds. The Morgan fingerprint density at radius 3 is 2.90 bits per heavy atom. The molecule has 6 rings (SSSR count). The van der Waals surface area contributed by atoms with Crippen LogP contribution < -0.4 is 21.9 Å². The van der Waals surface area contributed by atoms with Gasteiger partial charge in [-0.2, -0.15) is 0 Å². The summed E-state index contributed by atoms with van der Waals surface area (Å²) in [6.07, 6.45) is 5.83. The Bertz CT molecular complexity index is 1850. The van der Waals surface area contributed by atoms with E-state index in [2.05, 4.69) is 30.7 Å². The molecule has 1 aliphatic rings. The molecule has 5 aromatic heterocycles. The maximum absolute atomic E-state index is 14.0. The van der Waals surface area contributed by atoms with Crippen LogP contribution in [0.3, 0.4) is 0 Å². The van der Waals surface area contributed by atoms with Gasteiger partial charge in [-0.1, -0.05) is 12.1 Å². The van der Waals surface area contributed by atoms with Crippen LogP contribution in [-0.2, 0) is 11.3 Å². The first-order chi connectivity index (χ1) is 19.3. The fraction of sp³-hybridized carbons (Fsp3) is 0.192. The number of carbonyl (C=O) groups is 2. The Labute approximate surface area is 229 Å². The molecule has 0 bridgehead atoms. The van der Waals surface area contributed by atoms with E-state index >= 15 is 0 Å². The van der Waals surface area contributed by atoms with Crippen LogP contribution in [0.15, 0.2) is 58.4 Å². The highest BCUT2D eigenvalue weighted by Gasteiger charge is 2.36. The van der Waals surface area contributed by atoms with E-state index in [1.807, 2.05) is 13.0 Å². The summed E-state index contributed by atoms with van der Waals surface area (Å²) in [5.41, 5.74) is 4.91. The van der Waals surface area contributed by atoms with Gasteiger partial charge in [0.1, 0.15) is 29.2 Å². The number of carbonyl (C=O) groups excluding carboxylic acids is 2. The molecule has 14 heteroatoms. The first kappa shape index (κ1) is 25.3. The molecular weight excluding hydrogens is 539 g/mol. The Hall–Kier alpha value is -4.98. The number of thiophene rings is 1. The van der Waals surface area contributed by atoms with Crippen molar-refractivity contribution in [2.75, 3.05) is 11.1 Å². The van der Waals surface area contributed by atoms with Gasteiger partial charge in [0.2, 0.25) is 5.91 Å². The van der Waals surface area contributed by atoms with Crippen molar-refractivity contribution in [2.24, 2.45) is 0 Å². The Kier molecular flexibility index (Phi) is 6.30. The quantitative estimate of drug-likeness (QED) is 0.282. The number of nitrogen functional groups attached to an aromatic ring is 1. The largest absolute Gasteiger partial charge is 0.384 e. The first-order valence-electron chi connectivity index (χ1n) is 12.2. The van der Waals surface area contributed by atoms with Gasteiger partial charge in [0, 0.05) is 45.5 Å². The molecule has 0 unspecified atom stereocenters. The van der Waals surface area contributed by atoms with Crippen LogP contribution in [0.4, 0.5) is 15.9 Å². The molecule has 4 N–H and O–H groups in total. The summed E-state index contributed by atoms with van der Waals surface area (Å²) in [6, 6.07) is 5.29. The standard InChI is InChI=1S/C26H21FN8O4S/c1-12-4-19(25(37)32-9-14-5-13-8-30-22(28)7-21(13)40-14)35-23(12)31-11-18(26(35)38)33-24(36)17-6-20(39-34-17)15-10-29-3-2-16(15)27/h2-3,5-8,10-12,19H,4,9H2,1H3,(H2,28,30)(H,32,37)(H,33,36)/t12-,19+/m1/s1. The summed E-state index contributed by atoms with van der Waals surface area (Å²) in [6.45, 7) is 2.14. The lowest BCUT2D eigenvalue weighted by Gasteiger charge is -2.15. The number of hydrogen-bond donors (Lipinski definition) is 3. The lowest BCUT2D eigenvalue weighted by molar-refractivity contribution is -0.124. The van der Waals surface area contributed by atoms with Gasteiger partial charge < -0.3 is 20.9 Å². The van der Waals surface area contributed by atoms with Gasteiger partial charge in [-0.15, -0.1) is 11.3 Å². The van der Waals surface area contributed by atoms with Gasteiger partial charge in [0.25, 0.3) is 11.5 Å². The molecule has 2 atom stereocenters. The number of amides is 2. The predicted molar refractivity (Wildman–Crippen MR) is 144 cm³/mol. The SMILES string of the molecule is C[C@@H]1C[C@@H](C(=O)NCc2cc3cnc(N)cc3s2)n2c1ncc(NC(=O)c1cc(-c3cnccc3F)on1)c2=O. The van der Waals surface area contributed by atoms with Gasteiger partial charge in [-0.05, 0) is 24.6 Å². The van der Waals surface area contributed by atoms with Crippen molar-refractivity contribution in [3.63, 3.8) is 0 Å². The van der Waals surface area contributed by atoms with E-state index in [1.165, 1.54) is 40.6 Å². The van der Waals surface area contributed by atoms with Crippen molar-refractivity contribution in [2.45, 2.75) is 31.8 Å². The molecule has 6 heterocycles. The van der Waals surface area contributed by atoms with E-state index < -0.39 is 23.3 Å². The number of anilines is 2. The first-order valence-corrected chi connectivity index (χ1v) is 13.0. The van der Waals surface area contributed by atoms with Gasteiger partial charge in [-0.25, -0.2) is 14.4 Å². The highest BCUT2D eigenvalue weighted by atomic mass is 32.1. The number of halogens is 1. The maximum Gasteiger partial charge on any atom is 0.278 e. The number of nitrogens with zero attached hydrogens (tertiary/aromatic N) is 5. The van der Waals surface area contributed by atoms with Gasteiger partial charge in [0.05, 0.1) is 18.3 Å². The molecule has 0 aromatic carbocycles. The van der Waals surface area contributed by atoms with Crippen LogP contribution in [0.5, 0.6) is 0 Å². The van der Waals surface area contributed by atoms with Crippen LogP contribution >= 0.6 is 11.3 Å². The molecule has 40 heavy (non-hydrogen) atoms. The van der Waals surface area contributed by atoms with Crippen LogP contribution in [0.25, 0.3) is 21.4 Å². The smallest absolute Gasteiger partial charge is 0.278 e. The van der Waals surface area contributed by atoms with Crippen molar-refractivity contribution in [3.05, 3.63) is 81.6 Å². The number of aromatic nitrogens is 5. The third-order valence-electron chi connectivity index (χ3n) is 6.59. The zero-order chi connectivity index (χ0) is 28.0. The average molecular weight is 561 g/mol. The maximum atomic E-state index is 14.0. The molecule has 1 aliphatic heterocycles. The fourth-order valence-corrected chi connectivity index (χ4v) is 5.66. The van der Waals surface area contributed by atoms with Crippen molar-refractivity contribution in [1.29, 1.82) is 0 Å². The molecular formula is C26H21FN8O4S. The lowest BCUT2D eigenvalue weighted by Crippen LogP contribution is -2.36. The average Bonchev–Trinajstić information content (AvgIpc) is 3.66. The van der Waals surface area contributed by atoms with E-state index in [4.69, 9.17) is 10.3 Å². The van der Waals surface area contributed by atoms with Crippen LogP contribution in [0, 0.1) is 5.82 Å². The van der Waals surface area contributed by atoms with Crippen molar-refractivity contribution in [1.82, 2.24) is 30.0 Å². The van der Waals surface area contributed by atoms with Crippen molar-refractivity contribution in [3.8, 4) is 11.3 Å². The zero-order valence-corrected chi connectivity index (χ0v) is 21.7. The normalized spacial score (nSPS) is 16.1. The summed E-state index contributed by atoms with van der Waals surface area (Å²) in [5.74, 6) is -0.974. The number of hydrogen-bond acceptors (Lipinski definition) is 10. The number of pyridine rings is 2. The molecule has 0 fully saturated rings. The summed E-state index contributed by atoms with van der Waals surface area (Å²) in [5, 5.41) is 9.98. The van der Waals surface area contributed by atoms with Gasteiger partial charge in [-0.3, -0.25) is 23.9 Å². The topological polar surface area (TPSA) is 171 Å². The van der Waals surface area contributed by atoms with Crippen LogP contribution in [0.2, 0.25) is 0 Å². The summed E-state index contributed by atoms with van der Waals surface area (Å²) in [7, 11) is 0. The predicted octanol–water partition coefficient (Wildman–Crippen LogP) is 3.24. The zero-order valence-electron chi connectivity index (χ0n) is 20.9. The van der Waals surface area contributed by atoms with Gasteiger partial charge in [0.15, 0.2) is 11.5 Å². The lowest BCUT2D eigenvalue weighted by atomic mass is 10.1. The number of nitrogens with one attached hydrogen (secondary N) is 2. The van der Waals surface area contributed by atoms with E-state index in [1.54, 1.807) is 12.3 Å². The molecule has 0 radical (unpaired) electrons. The Morgan fingerprint density at radius 2 is 2.08 bits per heavy atom. The minimum atomic E-state index is -0.805. The van der Waals surface area contributed by atoms with Crippen molar-refractivity contribution >= 4 is 44.7 Å².